The zero-order valence-electron chi connectivity index (χ0n) is 15.6. The van der Waals surface area contributed by atoms with Gasteiger partial charge >= 0.3 is 0 Å². The van der Waals surface area contributed by atoms with E-state index in [1.165, 1.54) is 6.33 Å². The number of carbonyl (C=O) groups excluding carboxylic acids is 1. The Kier molecular flexibility index (Phi) is 4.13. The fourth-order valence-corrected chi connectivity index (χ4v) is 4.34. The van der Waals surface area contributed by atoms with Gasteiger partial charge in [-0.2, -0.15) is 0 Å². The maximum Gasteiger partial charge on any atom is 0.276 e. The number of hydrogen-bond donors (Lipinski definition) is 3. The van der Waals surface area contributed by atoms with Crippen LogP contribution in [0, 0.1) is 12.8 Å². The van der Waals surface area contributed by atoms with Crippen LogP contribution in [0.4, 0.5) is 17.3 Å². The van der Waals surface area contributed by atoms with Gasteiger partial charge in [0, 0.05) is 6.07 Å². The predicted octanol–water partition coefficient (Wildman–Crippen LogP) is 2.27. The average molecular weight is 368 g/mol. The Balaban J connectivity index is 1.78. The van der Waals surface area contributed by atoms with E-state index in [-0.39, 0.29) is 11.5 Å². The van der Waals surface area contributed by atoms with Gasteiger partial charge in [-0.1, -0.05) is 13.3 Å². The van der Waals surface area contributed by atoms with Crippen molar-refractivity contribution in [2.45, 2.75) is 51.6 Å². The number of nitrogens with zero attached hydrogens (tertiary/aromatic N) is 3. The largest absolute Gasteiger partial charge is 0.384 e. The van der Waals surface area contributed by atoms with E-state index in [1.807, 2.05) is 6.92 Å². The minimum atomic E-state index is -0.623. The number of carbonyl (C=O) groups is 1. The molecule has 4 N–H and O–H groups in total. The summed E-state index contributed by atoms with van der Waals surface area (Å²) in [6.07, 6.45) is 6.01. The number of aryl methyl sites for hydroxylation is 1. The van der Waals surface area contributed by atoms with Gasteiger partial charge in [-0.3, -0.25) is 14.2 Å². The number of pyridine rings is 1. The molecule has 1 aliphatic carbocycles. The minimum absolute atomic E-state index is 0.169. The second kappa shape index (κ2) is 6.37. The number of anilines is 3. The third-order valence-corrected chi connectivity index (χ3v) is 5.84. The number of fused-ring (bicyclic) bond motifs is 2. The summed E-state index contributed by atoms with van der Waals surface area (Å²) in [5.41, 5.74) is 6.45. The average Bonchev–Trinajstić information content (AvgIpc) is 2.93. The summed E-state index contributed by atoms with van der Waals surface area (Å²) in [5.74, 6) is 1.24. The number of hydrogen-bond acceptors (Lipinski definition) is 6. The van der Waals surface area contributed by atoms with Crippen molar-refractivity contribution in [3.63, 3.8) is 0 Å². The molecular weight excluding hydrogens is 344 g/mol. The van der Waals surface area contributed by atoms with E-state index >= 15 is 0 Å². The topological polar surface area (TPSA) is 115 Å². The molecule has 27 heavy (non-hydrogen) atoms. The Hall–Kier alpha value is -2.90. The SMILES string of the molecule is CCC1CCC2(CC1)NC(=O)c1c(C)cc(Nc3cc(N)ncn3)c(=O)n12. The summed E-state index contributed by atoms with van der Waals surface area (Å²) >= 11 is 0. The molecule has 0 atom stereocenters. The molecule has 142 valence electrons. The summed E-state index contributed by atoms with van der Waals surface area (Å²) in [6, 6.07) is 3.26. The maximum absolute atomic E-state index is 13.3. The number of nitrogens with one attached hydrogen (secondary N) is 2. The van der Waals surface area contributed by atoms with Gasteiger partial charge in [0.1, 0.15) is 35.0 Å². The zero-order valence-corrected chi connectivity index (χ0v) is 15.6. The third kappa shape index (κ3) is 2.85. The lowest BCUT2D eigenvalue weighted by molar-refractivity contribution is 0.0837. The maximum atomic E-state index is 13.3. The quantitative estimate of drug-likeness (QED) is 0.765. The summed E-state index contributed by atoms with van der Waals surface area (Å²) in [4.78, 5) is 33.9. The van der Waals surface area contributed by atoms with Crippen LogP contribution >= 0.6 is 0 Å². The van der Waals surface area contributed by atoms with Gasteiger partial charge in [0.2, 0.25) is 0 Å². The predicted molar refractivity (Wildman–Crippen MR) is 103 cm³/mol. The first-order valence-corrected chi connectivity index (χ1v) is 9.38. The van der Waals surface area contributed by atoms with Crippen molar-refractivity contribution in [1.82, 2.24) is 19.9 Å². The summed E-state index contributed by atoms with van der Waals surface area (Å²) in [7, 11) is 0. The molecular formula is C19H24N6O2. The van der Waals surface area contributed by atoms with E-state index in [0.29, 0.717) is 28.9 Å². The summed E-state index contributed by atoms with van der Waals surface area (Å²) in [5, 5.41) is 6.15. The van der Waals surface area contributed by atoms with E-state index in [2.05, 4.69) is 27.5 Å². The molecule has 0 radical (unpaired) electrons. The van der Waals surface area contributed by atoms with Gasteiger partial charge in [-0.05, 0) is 50.2 Å². The van der Waals surface area contributed by atoms with Crippen molar-refractivity contribution in [1.29, 1.82) is 0 Å². The minimum Gasteiger partial charge on any atom is -0.384 e. The molecule has 1 aliphatic heterocycles. The molecule has 1 fully saturated rings. The number of aromatic nitrogens is 3. The van der Waals surface area contributed by atoms with Crippen LogP contribution < -0.4 is 21.9 Å². The molecule has 1 saturated carbocycles. The van der Waals surface area contributed by atoms with Crippen LogP contribution in [-0.2, 0) is 5.66 Å². The molecule has 1 spiro atoms. The van der Waals surface area contributed by atoms with Gasteiger partial charge in [-0.15, -0.1) is 0 Å². The molecule has 0 bridgehead atoms. The van der Waals surface area contributed by atoms with Gasteiger partial charge < -0.3 is 16.4 Å². The molecule has 2 aliphatic rings. The van der Waals surface area contributed by atoms with Gasteiger partial charge in [0.05, 0.1) is 0 Å². The van der Waals surface area contributed by atoms with E-state index in [9.17, 15) is 9.59 Å². The highest BCUT2D eigenvalue weighted by atomic mass is 16.2. The normalized spacial score (nSPS) is 23.9. The molecule has 1 amide bonds. The van der Waals surface area contributed by atoms with E-state index in [1.54, 1.807) is 16.7 Å². The van der Waals surface area contributed by atoms with Crippen LogP contribution in [0.3, 0.4) is 0 Å². The second-order valence-electron chi connectivity index (χ2n) is 7.52. The molecule has 8 nitrogen and oxygen atoms in total. The monoisotopic (exact) mass is 368 g/mol. The van der Waals surface area contributed by atoms with Crippen LogP contribution in [0.1, 0.15) is 55.1 Å². The first-order valence-electron chi connectivity index (χ1n) is 9.38. The van der Waals surface area contributed by atoms with Gasteiger partial charge in [-0.25, -0.2) is 9.97 Å². The van der Waals surface area contributed by atoms with Crippen molar-refractivity contribution in [3.05, 3.63) is 40.1 Å². The molecule has 0 unspecified atom stereocenters. The Morgan fingerprint density at radius 1 is 1.30 bits per heavy atom. The lowest BCUT2D eigenvalue weighted by atomic mass is 9.80. The Bertz CT molecular complexity index is 959. The van der Waals surface area contributed by atoms with Crippen LogP contribution in [0.25, 0.3) is 0 Å². The molecule has 0 saturated heterocycles. The lowest BCUT2D eigenvalue weighted by Crippen LogP contribution is -2.49. The van der Waals surface area contributed by atoms with Crippen LogP contribution in [0.5, 0.6) is 0 Å². The van der Waals surface area contributed by atoms with E-state index in [4.69, 9.17) is 5.73 Å². The van der Waals surface area contributed by atoms with Crippen molar-refractivity contribution in [2.75, 3.05) is 11.1 Å². The van der Waals surface area contributed by atoms with Crippen molar-refractivity contribution >= 4 is 23.2 Å². The smallest absolute Gasteiger partial charge is 0.276 e. The Labute approximate surface area is 157 Å². The van der Waals surface area contributed by atoms with Crippen LogP contribution in [0.2, 0.25) is 0 Å². The molecule has 4 rings (SSSR count). The highest BCUT2D eigenvalue weighted by Gasteiger charge is 2.46. The summed E-state index contributed by atoms with van der Waals surface area (Å²) in [6.45, 7) is 4.04. The number of amides is 1. The van der Waals surface area contributed by atoms with Crippen molar-refractivity contribution in [3.8, 4) is 0 Å². The fraction of sp³-hybridized carbons (Fsp3) is 0.474. The molecule has 2 aromatic heterocycles. The fourth-order valence-electron chi connectivity index (χ4n) is 4.34. The van der Waals surface area contributed by atoms with E-state index < -0.39 is 5.66 Å². The molecule has 8 heteroatoms. The van der Waals surface area contributed by atoms with Gasteiger partial charge in [0.15, 0.2) is 0 Å². The molecule has 3 heterocycles. The van der Waals surface area contributed by atoms with Crippen molar-refractivity contribution in [2.24, 2.45) is 5.92 Å². The van der Waals surface area contributed by atoms with Crippen molar-refractivity contribution < 1.29 is 4.79 Å². The molecule has 0 aromatic carbocycles. The highest BCUT2D eigenvalue weighted by Crippen LogP contribution is 2.40. The van der Waals surface area contributed by atoms with Crippen LogP contribution in [0.15, 0.2) is 23.3 Å². The first-order chi connectivity index (χ1) is 12.9. The molecule has 2 aromatic rings. The van der Waals surface area contributed by atoms with Gasteiger partial charge in [0.25, 0.3) is 11.5 Å². The Morgan fingerprint density at radius 2 is 2.04 bits per heavy atom. The number of nitrogens with two attached hydrogens (primary N) is 1. The zero-order chi connectivity index (χ0) is 19.2. The Morgan fingerprint density at radius 3 is 2.70 bits per heavy atom. The highest BCUT2D eigenvalue weighted by molar-refractivity contribution is 5.97. The second-order valence-corrected chi connectivity index (χ2v) is 7.52. The number of rotatable bonds is 3. The third-order valence-electron chi connectivity index (χ3n) is 5.84. The van der Waals surface area contributed by atoms with Crippen LogP contribution in [-0.4, -0.2) is 20.4 Å². The lowest BCUT2D eigenvalue weighted by Gasteiger charge is -2.38. The summed E-state index contributed by atoms with van der Waals surface area (Å²) < 4.78 is 1.67. The van der Waals surface area contributed by atoms with E-state index in [0.717, 1.165) is 37.7 Å². The first kappa shape index (κ1) is 17.5. The number of nitrogen functional groups attached to an aromatic ring is 1. The standard InChI is InChI=1S/C19H24N6O2/c1-3-12-4-6-19(7-5-12)24-17(26)16-11(2)8-13(18(27)25(16)19)23-15-9-14(20)21-10-22-15/h8-10,12H,3-7H2,1-2H3,(H,24,26)(H3,20,21,22,23).